The van der Waals surface area contributed by atoms with Crippen LogP contribution in [0, 0.1) is 17.6 Å². The lowest BCUT2D eigenvalue weighted by Crippen LogP contribution is -2.13. The molecule has 0 radical (unpaired) electrons. The molecule has 0 spiro atoms. The van der Waals surface area contributed by atoms with Crippen LogP contribution < -0.4 is 5.73 Å². The van der Waals surface area contributed by atoms with E-state index in [4.69, 9.17) is 10.3 Å². The predicted octanol–water partition coefficient (Wildman–Crippen LogP) is 2.91. The Morgan fingerprint density at radius 1 is 1.42 bits per heavy atom. The van der Waals surface area contributed by atoms with E-state index < -0.39 is 11.6 Å². The van der Waals surface area contributed by atoms with Gasteiger partial charge in [0, 0.05) is 12.0 Å². The molecule has 102 valence electrons. The molecule has 1 aromatic carbocycles. The minimum atomic E-state index is -0.973. The molecule has 0 bridgehead atoms. The average molecular weight is 332 g/mol. The van der Waals surface area contributed by atoms with Gasteiger partial charge >= 0.3 is 0 Å². The molecule has 2 N–H and O–H groups in total. The third kappa shape index (κ3) is 2.98. The molecule has 0 saturated carbocycles. The van der Waals surface area contributed by atoms with Crippen molar-refractivity contribution in [3.63, 3.8) is 0 Å². The van der Waals surface area contributed by atoms with Crippen LogP contribution in [0.5, 0.6) is 0 Å². The topological polar surface area (TPSA) is 64.9 Å². The molecule has 0 amide bonds. The highest BCUT2D eigenvalue weighted by molar-refractivity contribution is 9.10. The molecular weight excluding hydrogens is 320 g/mol. The third-order valence-corrected chi connectivity index (χ3v) is 3.44. The molecule has 2 rings (SSSR count). The maximum atomic E-state index is 13.4. The summed E-state index contributed by atoms with van der Waals surface area (Å²) in [6.45, 7) is 2.46. The van der Waals surface area contributed by atoms with Crippen molar-refractivity contribution in [1.29, 1.82) is 0 Å². The Kier molecular flexibility index (Phi) is 4.26. The molecule has 0 aliphatic carbocycles. The number of nitrogens with zero attached hydrogens (tertiary/aromatic N) is 2. The summed E-state index contributed by atoms with van der Waals surface area (Å²) in [6.07, 6.45) is 0.546. The Labute approximate surface area is 117 Å². The van der Waals surface area contributed by atoms with Gasteiger partial charge in [0.25, 0.3) is 0 Å². The zero-order chi connectivity index (χ0) is 14.0. The molecule has 1 unspecified atom stereocenters. The highest BCUT2D eigenvalue weighted by atomic mass is 79.9. The van der Waals surface area contributed by atoms with Crippen molar-refractivity contribution in [3.8, 4) is 11.4 Å². The van der Waals surface area contributed by atoms with E-state index in [1.807, 2.05) is 6.92 Å². The number of benzene rings is 1. The van der Waals surface area contributed by atoms with Gasteiger partial charge in [0.2, 0.25) is 11.7 Å². The standard InChI is InChI=1S/C12H12BrF2N3O/c1-6(5-16)4-9-17-12(18-19-9)7-2-3-8(14)11(15)10(7)13/h2-3,6H,4-5,16H2,1H3. The fourth-order valence-electron chi connectivity index (χ4n) is 1.53. The molecule has 0 fully saturated rings. The van der Waals surface area contributed by atoms with Gasteiger partial charge in [0.15, 0.2) is 11.6 Å². The SMILES string of the molecule is CC(CN)Cc1nc(-c2ccc(F)c(F)c2Br)no1. The molecule has 0 aliphatic rings. The Bertz CT molecular complexity index is 588. The van der Waals surface area contributed by atoms with Crippen LogP contribution in [0.1, 0.15) is 12.8 Å². The van der Waals surface area contributed by atoms with E-state index in [0.29, 0.717) is 24.4 Å². The molecule has 2 aromatic rings. The summed E-state index contributed by atoms with van der Waals surface area (Å²) in [5.41, 5.74) is 5.85. The number of aromatic nitrogens is 2. The second kappa shape index (κ2) is 5.75. The smallest absolute Gasteiger partial charge is 0.227 e. The van der Waals surface area contributed by atoms with Gasteiger partial charge < -0.3 is 10.3 Å². The highest BCUT2D eigenvalue weighted by Crippen LogP contribution is 2.30. The van der Waals surface area contributed by atoms with Crippen molar-refractivity contribution in [2.24, 2.45) is 11.7 Å². The number of nitrogens with two attached hydrogens (primary N) is 1. The van der Waals surface area contributed by atoms with Crippen molar-refractivity contribution in [1.82, 2.24) is 10.1 Å². The second-order valence-electron chi connectivity index (χ2n) is 4.28. The summed E-state index contributed by atoms with van der Waals surface area (Å²) in [7, 11) is 0. The van der Waals surface area contributed by atoms with Gasteiger partial charge in [0.1, 0.15) is 0 Å². The molecule has 7 heteroatoms. The number of hydrogen-bond acceptors (Lipinski definition) is 4. The Morgan fingerprint density at radius 3 is 2.84 bits per heavy atom. The van der Waals surface area contributed by atoms with Gasteiger partial charge in [-0.05, 0) is 40.5 Å². The van der Waals surface area contributed by atoms with Crippen LogP contribution in [0.2, 0.25) is 0 Å². The maximum Gasteiger partial charge on any atom is 0.227 e. The molecule has 0 aliphatic heterocycles. The van der Waals surface area contributed by atoms with Crippen LogP contribution in [0.25, 0.3) is 11.4 Å². The molecular formula is C12H12BrF2N3O. The summed E-state index contributed by atoms with van der Waals surface area (Å²) in [4.78, 5) is 4.15. The lowest BCUT2D eigenvalue weighted by Gasteiger charge is -2.02. The summed E-state index contributed by atoms with van der Waals surface area (Å²) in [6, 6.07) is 2.41. The largest absolute Gasteiger partial charge is 0.339 e. The van der Waals surface area contributed by atoms with Gasteiger partial charge in [-0.3, -0.25) is 0 Å². The normalized spacial score (nSPS) is 12.7. The quantitative estimate of drug-likeness (QED) is 0.875. The van der Waals surface area contributed by atoms with E-state index in [1.165, 1.54) is 6.07 Å². The summed E-state index contributed by atoms with van der Waals surface area (Å²) < 4.78 is 31.5. The van der Waals surface area contributed by atoms with Crippen molar-refractivity contribution in [2.45, 2.75) is 13.3 Å². The predicted molar refractivity (Wildman–Crippen MR) is 69.3 cm³/mol. The van der Waals surface area contributed by atoms with Crippen molar-refractivity contribution in [2.75, 3.05) is 6.54 Å². The Morgan fingerprint density at radius 2 is 2.16 bits per heavy atom. The third-order valence-electron chi connectivity index (χ3n) is 2.67. The fraction of sp³-hybridized carbons (Fsp3) is 0.333. The lowest BCUT2D eigenvalue weighted by molar-refractivity contribution is 0.359. The van der Waals surface area contributed by atoms with E-state index in [1.54, 1.807) is 0 Å². The van der Waals surface area contributed by atoms with Crippen LogP contribution in [-0.2, 0) is 6.42 Å². The van der Waals surface area contributed by atoms with Gasteiger partial charge in [-0.15, -0.1) is 0 Å². The van der Waals surface area contributed by atoms with Crippen LogP contribution >= 0.6 is 15.9 Å². The number of hydrogen-bond donors (Lipinski definition) is 1. The van der Waals surface area contributed by atoms with Gasteiger partial charge in [-0.25, -0.2) is 8.78 Å². The first-order valence-electron chi connectivity index (χ1n) is 5.69. The Hall–Kier alpha value is -1.34. The summed E-state index contributed by atoms with van der Waals surface area (Å²) in [5.74, 6) is -1.06. The van der Waals surface area contributed by atoms with Gasteiger partial charge in [-0.2, -0.15) is 4.98 Å². The lowest BCUT2D eigenvalue weighted by atomic mass is 10.1. The number of rotatable bonds is 4. The summed E-state index contributed by atoms with van der Waals surface area (Å²) in [5, 5.41) is 3.76. The zero-order valence-corrected chi connectivity index (χ0v) is 11.7. The molecule has 1 atom stereocenters. The van der Waals surface area contributed by atoms with Gasteiger partial charge in [-0.1, -0.05) is 12.1 Å². The van der Waals surface area contributed by atoms with E-state index in [0.717, 1.165) is 6.07 Å². The average Bonchev–Trinajstić information content (AvgIpc) is 2.84. The van der Waals surface area contributed by atoms with E-state index in [9.17, 15) is 8.78 Å². The van der Waals surface area contributed by atoms with Crippen molar-refractivity contribution in [3.05, 3.63) is 34.1 Å². The second-order valence-corrected chi connectivity index (χ2v) is 5.07. The van der Waals surface area contributed by atoms with E-state index >= 15 is 0 Å². The first-order chi connectivity index (χ1) is 9.02. The van der Waals surface area contributed by atoms with E-state index in [2.05, 4.69) is 26.1 Å². The van der Waals surface area contributed by atoms with Crippen LogP contribution in [0.15, 0.2) is 21.1 Å². The molecule has 1 heterocycles. The molecule has 4 nitrogen and oxygen atoms in total. The van der Waals surface area contributed by atoms with Crippen LogP contribution in [-0.4, -0.2) is 16.7 Å². The van der Waals surface area contributed by atoms with Crippen LogP contribution in [0.3, 0.4) is 0 Å². The molecule has 0 saturated heterocycles. The van der Waals surface area contributed by atoms with Gasteiger partial charge in [0.05, 0.1) is 4.47 Å². The maximum absolute atomic E-state index is 13.4. The summed E-state index contributed by atoms with van der Waals surface area (Å²) >= 11 is 2.98. The first-order valence-corrected chi connectivity index (χ1v) is 6.48. The minimum absolute atomic E-state index is 0.0216. The first kappa shape index (κ1) is 14.1. The highest BCUT2D eigenvalue weighted by Gasteiger charge is 2.17. The van der Waals surface area contributed by atoms with Crippen LogP contribution in [0.4, 0.5) is 8.78 Å². The number of halogens is 3. The van der Waals surface area contributed by atoms with Crippen molar-refractivity contribution >= 4 is 15.9 Å². The molecule has 1 aromatic heterocycles. The Balaban J connectivity index is 2.31. The monoisotopic (exact) mass is 331 g/mol. The molecule has 19 heavy (non-hydrogen) atoms. The van der Waals surface area contributed by atoms with E-state index in [-0.39, 0.29) is 16.2 Å². The minimum Gasteiger partial charge on any atom is -0.339 e. The zero-order valence-electron chi connectivity index (χ0n) is 10.2. The van der Waals surface area contributed by atoms with Crippen molar-refractivity contribution < 1.29 is 13.3 Å². The fourth-order valence-corrected chi connectivity index (χ4v) is 2.03.